The summed E-state index contributed by atoms with van der Waals surface area (Å²) in [6.45, 7) is 0.140. The van der Waals surface area contributed by atoms with Crippen molar-refractivity contribution in [2.75, 3.05) is 0 Å². The van der Waals surface area contributed by atoms with Gasteiger partial charge >= 0.3 is 6.18 Å². The molecule has 0 amide bonds. The van der Waals surface area contributed by atoms with Crippen LogP contribution >= 0.6 is 11.8 Å². The third-order valence-corrected chi connectivity index (χ3v) is 7.39. The van der Waals surface area contributed by atoms with E-state index in [1.165, 1.54) is 28.6 Å². The van der Waals surface area contributed by atoms with Crippen LogP contribution in [0.4, 0.5) is 13.2 Å². The van der Waals surface area contributed by atoms with Crippen LogP contribution < -0.4 is 27.2 Å². The first-order valence-corrected chi connectivity index (χ1v) is 12.0. The average Bonchev–Trinajstić information content (AvgIpc) is 3.43. The van der Waals surface area contributed by atoms with E-state index >= 15 is 0 Å². The molecule has 0 spiro atoms. The minimum Gasteiger partial charge on any atom is -0.375 e. The maximum Gasteiger partial charge on any atom is 0.433 e. The van der Waals surface area contributed by atoms with Gasteiger partial charge in [0.05, 0.1) is 17.1 Å². The molecule has 5 rings (SSSR count). The summed E-state index contributed by atoms with van der Waals surface area (Å²) in [5.74, 6) is 0. The fourth-order valence-corrected chi connectivity index (χ4v) is 5.55. The molecule has 2 aliphatic rings. The van der Waals surface area contributed by atoms with E-state index in [4.69, 9.17) is 10.4 Å². The zero-order valence-electron chi connectivity index (χ0n) is 18.8. The number of fused-ring (bicyclic) bond motifs is 3. The van der Waals surface area contributed by atoms with Crippen molar-refractivity contribution in [3.63, 3.8) is 0 Å². The number of halogens is 3. The van der Waals surface area contributed by atoms with Gasteiger partial charge in [-0.3, -0.25) is 24.3 Å². The molecule has 182 valence electrons. The molecule has 2 unspecified atom stereocenters. The Morgan fingerprint density at radius 1 is 1.20 bits per heavy atom. The molecular weight excluding hydrogens is 477 g/mol. The van der Waals surface area contributed by atoms with Gasteiger partial charge in [0.15, 0.2) is 0 Å². The molecule has 1 aliphatic carbocycles. The molecule has 2 aromatic heterocycles. The van der Waals surface area contributed by atoms with Gasteiger partial charge in [0, 0.05) is 24.7 Å². The monoisotopic (exact) mass is 500 g/mol. The van der Waals surface area contributed by atoms with Crippen LogP contribution in [0, 0.1) is 5.41 Å². The van der Waals surface area contributed by atoms with Gasteiger partial charge in [-0.2, -0.15) is 13.2 Å². The summed E-state index contributed by atoms with van der Waals surface area (Å²) >= 11 is 1.30. The maximum atomic E-state index is 13.4. The van der Waals surface area contributed by atoms with Crippen molar-refractivity contribution in [1.82, 2.24) is 19.4 Å². The lowest BCUT2D eigenvalue weighted by molar-refractivity contribution is -0.141. The fourth-order valence-electron chi connectivity index (χ4n) is 4.59. The van der Waals surface area contributed by atoms with E-state index in [1.807, 2.05) is 34.9 Å². The minimum absolute atomic E-state index is 0.0603. The summed E-state index contributed by atoms with van der Waals surface area (Å²) in [6.07, 6.45) is -0.480. The highest BCUT2D eigenvalue weighted by molar-refractivity contribution is 8.07. The standard InChI is InChI=1S/C24H23F3N6OS/c1-32-22(34)19(20(28)33-17-9-5-8-16(17)31-23(32)33)21(35-15-6-3-2-4-7-15)30-13-14-10-11-18(29-12-14)24(25,26)27/h2-4,6-7,10-12,16-17,28,30H,5,8-9,13H2,1H3/b21-19-,28-20?. The molecule has 3 aromatic rings. The number of nitrogens with zero attached hydrogens (tertiary/aromatic N) is 4. The average molecular weight is 501 g/mol. The first-order valence-electron chi connectivity index (χ1n) is 11.2. The molecule has 1 aromatic carbocycles. The van der Waals surface area contributed by atoms with Crippen LogP contribution in [-0.4, -0.2) is 20.2 Å². The Morgan fingerprint density at radius 3 is 2.66 bits per heavy atom. The highest BCUT2D eigenvalue weighted by atomic mass is 32.2. The SMILES string of the molecule is Cn1c(=O)/c(=C(/NCc2ccc(C(F)(F)F)nc2)Sc2ccccc2)c(=N)n2c1=NC1CCCC12. The lowest BCUT2D eigenvalue weighted by Crippen LogP contribution is -2.58. The van der Waals surface area contributed by atoms with Crippen LogP contribution in [-0.2, 0) is 19.8 Å². The van der Waals surface area contributed by atoms with E-state index in [9.17, 15) is 18.0 Å². The second kappa shape index (κ2) is 9.03. The lowest BCUT2D eigenvalue weighted by atomic mass is 10.2. The summed E-state index contributed by atoms with van der Waals surface area (Å²) in [7, 11) is 1.66. The van der Waals surface area contributed by atoms with E-state index in [-0.39, 0.29) is 34.9 Å². The number of rotatable bonds is 5. The number of hydrogen-bond acceptors (Lipinski definition) is 6. The van der Waals surface area contributed by atoms with Crippen molar-refractivity contribution < 1.29 is 13.2 Å². The van der Waals surface area contributed by atoms with E-state index in [1.54, 1.807) is 7.05 Å². The Balaban J connectivity index is 1.60. The zero-order chi connectivity index (χ0) is 24.7. The Kier molecular flexibility index (Phi) is 6.04. The van der Waals surface area contributed by atoms with Crippen molar-refractivity contribution in [2.24, 2.45) is 12.0 Å². The Labute approximate surface area is 202 Å². The van der Waals surface area contributed by atoms with E-state index in [2.05, 4.69) is 10.3 Å². The molecule has 11 heteroatoms. The first-order chi connectivity index (χ1) is 16.7. The number of hydrogen-bond donors (Lipinski definition) is 2. The van der Waals surface area contributed by atoms with Crippen LogP contribution in [0.5, 0.6) is 0 Å². The van der Waals surface area contributed by atoms with Crippen molar-refractivity contribution in [2.45, 2.75) is 49.0 Å². The molecule has 2 N–H and O–H groups in total. The van der Waals surface area contributed by atoms with Crippen LogP contribution in [0.1, 0.15) is 36.6 Å². The molecule has 3 heterocycles. The summed E-state index contributed by atoms with van der Waals surface area (Å²) < 4.78 is 42.0. The molecule has 1 aliphatic heterocycles. The number of thioether (sulfide) groups is 1. The minimum atomic E-state index is -4.51. The predicted molar refractivity (Wildman–Crippen MR) is 125 cm³/mol. The second-order valence-corrected chi connectivity index (χ2v) is 9.68. The molecule has 0 radical (unpaired) electrons. The summed E-state index contributed by atoms with van der Waals surface area (Å²) in [4.78, 5) is 22.5. The van der Waals surface area contributed by atoms with Gasteiger partial charge in [0.1, 0.15) is 16.4 Å². The normalized spacial score (nSPS) is 19.7. The first kappa shape index (κ1) is 23.4. The summed E-state index contributed by atoms with van der Waals surface area (Å²) in [6, 6.07) is 11.8. The van der Waals surface area contributed by atoms with Crippen molar-refractivity contribution in [1.29, 1.82) is 5.41 Å². The Morgan fingerprint density at radius 2 is 1.97 bits per heavy atom. The third kappa shape index (κ3) is 4.40. The topological polar surface area (TPSA) is 88.1 Å². The molecule has 0 bridgehead atoms. The molecule has 0 saturated heterocycles. The quantitative estimate of drug-likeness (QED) is 0.527. The lowest BCUT2D eigenvalue weighted by Gasteiger charge is -2.16. The van der Waals surface area contributed by atoms with Crippen molar-refractivity contribution in [3.8, 4) is 0 Å². The molecule has 2 atom stereocenters. The zero-order valence-corrected chi connectivity index (χ0v) is 19.7. The van der Waals surface area contributed by atoms with E-state index < -0.39 is 11.9 Å². The fraction of sp³-hybridized carbons (Fsp3) is 0.333. The van der Waals surface area contributed by atoms with Gasteiger partial charge in [0.2, 0.25) is 5.62 Å². The Bertz CT molecular complexity index is 1500. The van der Waals surface area contributed by atoms with Gasteiger partial charge in [0.25, 0.3) is 5.56 Å². The van der Waals surface area contributed by atoms with Crippen LogP contribution in [0.25, 0.3) is 5.03 Å². The highest BCUT2D eigenvalue weighted by Gasteiger charge is 2.35. The molecule has 1 saturated carbocycles. The number of pyridine rings is 1. The van der Waals surface area contributed by atoms with Gasteiger partial charge in [-0.1, -0.05) is 36.0 Å². The molecule has 7 nitrogen and oxygen atoms in total. The molecular formula is C24H23F3N6OS. The van der Waals surface area contributed by atoms with Crippen LogP contribution in [0.2, 0.25) is 0 Å². The largest absolute Gasteiger partial charge is 0.433 e. The van der Waals surface area contributed by atoms with Crippen molar-refractivity contribution in [3.05, 3.63) is 86.6 Å². The number of alkyl halides is 3. The van der Waals surface area contributed by atoms with Gasteiger partial charge < -0.3 is 5.32 Å². The number of nitrogens with one attached hydrogen (secondary N) is 2. The van der Waals surface area contributed by atoms with Crippen molar-refractivity contribution >= 4 is 16.8 Å². The molecule has 1 fully saturated rings. The number of aromatic nitrogens is 3. The summed E-state index contributed by atoms with van der Waals surface area (Å²) in [5.41, 5.74) is -0.183. The van der Waals surface area contributed by atoms with Crippen LogP contribution in [0.3, 0.4) is 0 Å². The predicted octanol–water partition coefficient (Wildman–Crippen LogP) is 2.45. The van der Waals surface area contributed by atoms with E-state index in [0.29, 0.717) is 16.2 Å². The van der Waals surface area contributed by atoms with Crippen LogP contribution in [0.15, 0.2) is 63.3 Å². The highest BCUT2D eigenvalue weighted by Crippen LogP contribution is 2.32. The van der Waals surface area contributed by atoms with Gasteiger partial charge in [-0.25, -0.2) is 4.99 Å². The number of benzene rings is 1. The van der Waals surface area contributed by atoms with E-state index in [0.717, 1.165) is 30.2 Å². The smallest absolute Gasteiger partial charge is 0.375 e. The van der Waals surface area contributed by atoms with Gasteiger partial charge in [-0.15, -0.1) is 0 Å². The second-order valence-electron chi connectivity index (χ2n) is 8.60. The third-order valence-electron chi connectivity index (χ3n) is 6.33. The maximum absolute atomic E-state index is 13.4. The van der Waals surface area contributed by atoms with Gasteiger partial charge in [-0.05, 0) is 43.0 Å². The Hall–Kier alpha value is -3.34. The summed E-state index contributed by atoms with van der Waals surface area (Å²) in [5, 5.41) is 12.8. The molecule has 35 heavy (non-hydrogen) atoms.